The van der Waals surface area contributed by atoms with Crippen LogP contribution in [0.25, 0.3) is 0 Å². The van der Waals surface area contributed by atoms with Crippen molar-refractivity contribution in [2.75, 3.05) is 33.3 Å². The van der Waals surface area contributed by atoms with Crippen molar-refractivity contribution in [3.63, 3.8) is 0 Å². The maximum absolute atomic E-state index is 12.2. The van der Waals surface area contributed by atoms with Gasteiger partial charge in [-0.05, 0) is 12.8 Å². The van der Waals surface area contributed by atoms with Crippen molar-refractivity contribution in [1.29, 1.82) is 0 Å². The van der Waals surface area contributed by atoms with Crippen molar-refractivity contribution < 1.29 is 9.53 Å². The third-order valence-corrected chi connectivity index (χ3v) is 3.61. The zero-order chi connectivity index (χ0) is 12.7. The van der Waals surface area contributed by atoms with Crippen LogP contribution in [0.1, 0.15) is 39.5 Å². The Morgan fingerprint density at radius 3 is 2.18 bits per heavy atom. The van der Waals surface area contributed by atoms with Crippen molar-refractivity contribution in [3.8, 4) is 0 Å². The van der Waals surface area contributed by atoms with Gasteiger partial charge in [-0.3, -0.25) is 9.69 Å². The predicted octanol–water partition coefficient (Wildman–Crippen LogP) is 1.40. The van der Waals surface area contributed by atoms with E-state index in [4.69, 9.17) is 4.74 Å². The topological polar surface area (TPSA) is 41.6 Å². The minimum atomic E-state index is -0.389. The Labute approximate surface area is 105 Å². The number of piperazine rings is 1. The number of methoxy groups -OCH3 is 1. The highest BCUT2D eigenvalue weighted by atomic mass is 16.5. The molecule has 0 aromatic rings. The Bertz CT molecular complexity index is 232. The van der Waals surface area contributed by atoms with Crippen LogP contribution in [0.4, 0.5) is 0 Å². The van der Waals surface area contributed by atoms with Crippen molar-refractivity contribution >= 4 is 5.97 Å². The summed E-state index contributed by atoms with van der Waals surface area (Å²) in [5.41, 5.74) is -0.389. The fourth-order valence-electron chi connectivity index (χ4n) is 2.88. The molecule has 17 heavy (non-hydrogen) atoms. The summed E-state index contributed by atoms with van der Waals surface area (Å²) in [4.78, 5) is 14.6. The maximum atomic E-state index is 12.2. The van der Waals surface area contributed by atoms with Gasteiger partial charge in [0, 0.05) is 26.2 Å². The Morgan fingerprint density at radius 1 is 1.24 bits per heavy atom. The van der Waals surface area contributed by atoms with Gasteiger partial charge in [0.05, 0.1) is 7.11 Å². The lowest BCUT2D eigenvalue weighted by atomic mass is 9.86. The summed E-state index contributed by atoms with van der Waals surface area (Å²) < 4.78 is 5.07. The van der Waals surface area contributed by atoms with Crippen LogP contribution in [-0.4, -0.2) is 49.7 Å². The van der Waals surface area contributed by atoms with Gasteiger partial charge < -0.3 is 10.1 Å². The molecule has 1 aliphatic heterocycles. The monoisotopic (exact) mass is 242 g/mol. The van der Waals surface area contributed by atoms with Crippen LogP contribution < -0.4 is 5.32 Å². The zero-order valence-corrected chi connectivity index (χ0v) is 11.4. The molecule has 0 unspecified atom stereocenters. The van der Waals surface area contributed by atoms with Crippen LogP contribution in [0, 0.1) is 0 Å². The molecule has 0 atom stereocenters. The maximum Gasteiger partial charge on any atom is 0.326 e. The third-order valence-electron chi connectivity index (χ3n) is 3.61. The first-order chi connectivity index (χ1) is 8.21. The Hall–Kier alpha value is -0.610. The van der Waals surface area contributed by atoms with E-state index in [1.165, 1.54) is 7.11 Å². The molecule has 0 saturated carbocycles. The quantitative estimate of drug-likeness (QED) is 0.715. The molecule has 100 valence electrons. The van der Waals surface area contributed by atoms with Gasteiger partial charge in [0.1, 0.15) is 5.54 Å². The lowest BCUT2D eigenvalue weighted by molar-refractivity contribution is -0.157. The molecule has 1 N–H and O–H groups in total. The second kappa shape index (κ2) is 6.97. The van der Waals surface area contributed by atoms with E-state index in [2.05, 4.69) is 24.1 Å². The minimum absolute atomic E-state index is 0.0527. The van der Waals surface area contributed by atoms with Gasteiger partial charge in [0.25, 0.3) is 0 Å². The van der Waals surface area contributed by atoms with Gasteiger partial charge in [-0.2, -0.15) is 0 Å². The van der Waals surface area contributed by atoms with Crippen LogP contribution in [0.3, 0.4) is 0 Å². The van der Waals surface area contributed by atoms with Gasteiger partial charge in [0.2, 0.25) is 0 Å². The number of hydrogen-bond donors (Lipinski definition) is 1. The summed E-state index contributed by atoms with van der Waals surface area (Å²) in [6.45, 7) is 8.08. The number of carbonyl (C=O) groups is 1. The lowest BCUT2D eigenvalue weighted by Crippen LogP contribution is -2.60. The average molecular weight is 242 g/mol. The first-order valence-corrected chi connectivity index (χ1v) is 6.75. The van der Waals surface area contributed by atoms with E-state index in [0.717, 1.165) is 51.9 Å². The molecule has 0 aliphatic carbocycles. The first-order valence-electron chi connectivity index (χ1n) is 6.75. The predicted molar refractivity (Wildman–Crippen MR) is 69.0 cm³/mol. The average Bonchev–Trinajstić information content (AvgIpc) is 2.38. The number of nitrogens with zero attached hydrogens (tertiary/aromatic N) is 1. The highest BCUT2D eigenvalue weighted by Crippen LogP contribution is 2.29. The van der Waals surface area contributed by atoms with Gasteiger partial charge in [-0.25, -0.2) is 0 Å². The van der Waals surface area contributed by atoms with Crippen molar-refractivity contribution in [3.05, 3.63) is 0 Å². The minimum Gasteiger partial charge on any atom is -0.468 e. The normalized spacial score (nSPS) is 18.1. The summed E-state index contributed by atoms with van der Waals surface area (Å²) >= 11 is 0. The summed E-state index contributed by atoms with van der Waals surface area (Å²) in [5.74, 6) is -0.0527. The molecule has 4 heteroatoms. The number of rotatable bonds is 6. The smallest absolute Gasteiger partial charge is 0.326 e. The van der Waals surface area contributed by atoms with Crippen LogP contribution in [0.15, 0.2) is 0 Å². The zero-order valence-electron chi connectivity index (χ0n) is 11.4. The fraction of sp³-hybridized carbons (Fsp3) is 0.923. The van der Waals surface area contributed by atoms with Gasteiger partial charge in [-0.1, -0.05) is 26.7 Å². The number of ether oxygens (including phenoxy) is 1. The Morgan fingerprint density at radius 2 is 1.76 bits per heavy atom. The Kier molecular flexibility index (Phi) is 5.92. The molecule has 0 bridgehead atoms. The lowest BCUT2D eigenvalue weighted by Gasteiger charge is -2.43. The van der Waals surface area contributed by atoms with Crippen molar-refractivity contribution in [2.45, 2.75) is 45.1 Å². The molecular weight excluding hydrogens is 216 g/mol. The van der Waals surface area contributed by atoms with E-state index >= 15 is 0 Å². The van der Waals surface area contributed by atoms with Gasteiger partial charge in [0.15, 0.2) is 0 Å². The molecule has 0 spiro atoms. The van der Waals surface area contributed by atoms with Crippen LogP contribution in [-0.2, 0) is 9.53 Å². The molecule has 0 radical (unpaired) electrons. The molecule has 0 amide bonds. The van der Waals surface area contributed by atoms with Crippen molar-refractivity contribution in [2.24, 2.45) is 0 Å². The molecule has 1 saturated heterocycles. The summed E-state index contributed by atoms with van der Waals surface area (Å²) in [6.07, 6.45) is 3.82. The summed E-state index contributed by atoms with van der Waals surface area (Å²) in [7, 11) is 1.50. The third kappa shape index (κ3) is 3.19. The van der Waals surface area contributed by atoms with Crippen LogP contribution >= 0.6 is 0 Å². The second-order valence-electron chi connectivity index (χ2n) is 4.76. The molecule has 0 aromatic carbocycles. The van der Waals surface area contributed by atoms with E-state index in [1.807, 2.05) is 0 Å². The SMILES string of the molecule is CCCC(CCC)(C(=O)OC)N1CCNCC1. The summed E-state index contributed by atoms with van der Waals surface area (Å²) in [6, 6.07) is 0. The molecule has 1 rings (SSSR count). The molecule has 4 nitrogen and oxygen atoms in total. The standard InChI is InChI=1S/C13H26N2O2/c1-4-6-13(7-5-2,12(16)17-3)15-10-8-14-9-11-15/h14H,4-11H2,1-3H3. The Balaban J connectivity index is 2.89. The molecule has 1 heterocycles. The molecule has 0 aromatic heterocycles. The number of esters is 1. The second-order valence-corrected chi connectivity index (χ2v) is 4.76. The van der Waals surface area contributed by atoms with Crippen LogP contribution in [0.2, 0.25) is 0 Å². The summed E-state index contributed by atoms with van der Waals surface area (Å²) in [5, 5.41) is 3.33. The van der Waals surface area contributed by atoms with E-state index in [9.17, 15) is 4.79 Å². The number of carbonyl (C=O) groups excluding carboxylic acids is 1. The number of hydrogen-bond acceptors (Lipinski definition) is 4. The van der Waals surface area contributed by atoms with Crippen molar-refractivity contribution in [1.82, 2.24) is 10.2 Å². The van der Waals surface area contributed by atoms with E-state index < -0.39 is 0 Å². The molecular formula is C13H26N2O2. The first kappa shape index (κ1) is 14.5. The van der Waals surface area contributed by atoms with Crippen LogP contribution in [0.5, 0.6) is 0 Å². The number of nitrogens with one attached hydrogen (secondary N) is 1. The van der Waals surface area contributed by atoms with E-state index in [1.54, 1.807) is 0 Å². The highest BCUT2D eigenvalue weighted by Gasteiger charge is 2.43. The fourth-order valence-corrected chi connectivity index (χ4v) is 2.88. The molecule has 1 fully saturated rings. The highest BCUT2D eigenvalue weighted by molar-refractivity contribution is 5.80. The van der Waals surface area contributed by atoms with E-state index in [0.29, 0.717) is 0 Å². The van der Waals surface area contributed by atoms with Gasteiger partial charge in [-0.15, -0.1) is 0 Å². The largest absolute Gasteiger partial charge is 0.468 e. The molecule has 1 aliphatic rings. The van der Waals surface area contributed by atoms with Gasteiger partial charge >= 0.3 is 5.97 Å². The van der Waals surface area contributed by atoms with E-state index in [-0.39, 0.29) is 11.5 Å².